The van der Waals surface area contributed by atoms with E-state index in [-0.39, 0.29) is 0 Å². The molecule has 0 radical (unpaired) electrons. The summed E-state index contributed by atoms with van der Waals surface area (Å²) in [4.78, 5) is 0. The Labute approximate surface area is 124 Å². The van der Waals surface area contributed by atoms with Crippen molar-refractivity contribution in [2.45, 2.75) is 13.8 Å². The van der Waals surface area contributed by atoms with Gasteiger partial charge in [-0.05, 0) is 49.2 Å². The number of benzene rings is 2. The van der Waals surface area contributed by atoms with Crippen molar-refractivity contribution in [1.82, 2.24) is 0 Å². The van der Waals surface area contributed by atoms with E-state index in [2.05, 4.69) is 25.2 Å². The molecular formula is C16H18ClNO2. The number of rotatable bonds is 4. The molecule has 0 atom stereocenters. The highest BCUT2D eigenvalue weighted by molar-refractivity contribution is 6.32. The zero-order valence-electron chi connectivity index (χ0n) is 12.1. The fourth-order valence-corrected chi connectivity index (χ4v) is 2.27. The maximum Gasteiger partial charge on any atom is 0.160 e. The summed E-state index contributed by atoms with van der Waals surface area (Å²) in [5, 5.41) is 3.89. The molecule has 4 heteroatoms. The molecule has 0 bridgehead atoms. The Morgan fingerprint density at radius 2 is 1.65 bits per heavy atom. The van der Waals surface area contributed by atoms with E-state index >= 15 is 0 Å². The second-order valence-electron chi connectivity index (χ2n) is 4.58. The van der Waals surface area contributed by atoms with E-state index in [1.165, 1.54) is 11.1 Å². The molecule has 0 aromatic heterocycles. The maximum atomic E-state index is 6.13. The molecule has 0 aliphatic heterocycles. The minimum Gasteiger partial charge on any atom is -0.495 e. The number of methoxy groups -OCH3 is 2. The Balaban J connectivity index is 2.45. The first-order valence-corrected chi connectivity index (χ1v) is 6.69. The van der Waals surface area contributed by atoms with Gasteiger partial charge in [0.25, 0.3) is 0 Å². The van der Waals surface area contributed by atoms with Crippen LogP contribution in [0.3, 0.4) is 0 Å². The molecule has 20 heavy (non-hydrogen) atoms. The first-order valence-electron chi connectivity index (χ1n) is 6.31. The van der Waals surface area contributed by atoms with Crippen LogP contribution in [0.15, 0.2) is 30.3 Å². The largest absolute Gasteiger partial charge is 0.495 e. The molecule has 0 spiro atoms. The van der Waals surface area contributed by atoms with Gasteiger partial charge in [0.15, 0.2) is 5.75 Å². The van der Waals surface area contributed by atoms with Crippen LogP contribution in [0, 0.1) is 13.8 Å². The number of para-hydroxylation sites is 1. The summed E-state index contributed by atoms with van der Waals surface area (Å²) < 4.78 is 10.8. The molecule has 0 fully saturated rings. The minimum atomic E-state index is 0.570. The number of nitrogens with one attached hydrogen (secondary N) is 1. The molecule has 0 aliphatic carbocycles. The van der Waals surface area contributed by atoms with E-state index in [0.717, 1.165) is 17.1 Å². The highest BCUT2D eigenvalue weighted by atomic mass is 35.5. The first-order chi connectivity index (χ1) is 9.56. The van der Waals surface area contributed by atoms with Crippen molar-refractivity contribution >= 4 is 23.0 Å². The van der Waals surface area contributed by atoms with E-state index in [4.69, 9.17) is 21.1 Å². The summed E-state index contributed by atoms with van der Waals surface area (Å²) >= 11 is 6.13. The Morgan fingerprint density at radius 3 is 2.30 bits per heavy atom. The summed E-state index contributed by atoms with van der Waals surface area (Å²) in [5.74, 6) is 1.41. The summed E-state index contributed by atoms with van der Waals surface area (Å²) in [6, 6.07) is 9.65. The van der Waals surface area contributed by atoms with Gasteiger partial charge in [-0.15, -0.1) is 0 Å². The SMILES string of the molecule is COc1cc(C)c(C)cc1Nc1cccc(Cl)c1OC. The molecular weight excluding hydrogens is 274 g/mol. The number of hydrogen-bond acceptors (Lipinski definition) is 3. The highest BCUT2D eigenvalue weighted by Gasteiger charge is 2.11. The van der Waals surface area contributed by atoms with Crippen LogP contribution in [0.25, 0.3) is 0 Å². The average molecular weight is 292 g/mol. The van der Waals surface area contributed by atoms with Crippen molar-refractivity contribution in [3.8, 4) is 11.5 Å². The summed E-state index contributed by atoms with van der Waals surface area (Å²) in [7, 11) is 3.26. The van der Waals surface area contributed by atoms with Crippen LogP contribution in [-0.4, -0.2) is 14.2 Å². The van der Waals surface area contributed by atoms with Gasteiger partial charge in [0.2, 0.25) is 0 Å². The maximum absolute atomic E-state index is 6.13. The van der Waals surface area contributed by atoms with Gasteiger partial charge in [0.05, 0.1) is 30.6 Å². The summed E-state index contributed by atoms with van der Waals surface area (Å²) in [6.07, 6.45) is 0. The van der Waals surface area contributed by atoms with Gasteiger partial charge in [-0.3, -0.25) is 0 Å². The predicted molar refractivity (Wildman–Crippen MR) is 83.8 cm³/mol. The third kappa shape index (κ3) is 2.83. The van der Waals surface area contributed by atoms with Crippen molar-refractivity contribution < 1.29 is 9.47 Å². The lowest BCUT2D eigenvalue weighted by atomic mass is 10.1. The van der Waals surface area contributed by atoms with Gasteiger partial charge in [-0.2, -0.15) is 0 Å². The molecule has 0 saturated carbocycles. The average Bonchev–Trinajstić information content (AvgIpc) is 2.43. The number of hydrogen-bond donors (Lipinski definition) is 1. The molecule has 0 amide bonds. The van der Waals surface area contributed by atoms with Crippen molar-refractivity contribution in [1.29, 1.82) is 0 Å². The van der Waals surface area contributed by atoms with Gasteiger partial charge < -0.3 is 14.8 Å². The van der Waals surface area contributed by atoms with Crippen LogP contribution in [0.1, 0.15) is 11.1 Å². The number of halogens is 1. The van der Waals surface area contributed by atoms with Crippen molar-refractivity contribution in [3.63, 3.8) is 0 Å². The normalized spacial score (nSPS) is 10.2. The fraction of sp³-hybridized carbons (Fsp3) is 0.250. The predicted octanol–water partition coefficient (Wildman–Crippen LogP) is 4.72. The first kappa shape index (κ1) is 14.5. The van der Waals surface area contributed by atoms with Gasteiger partial charge in [-0.25, -0.2) is 0 Å². The third-order valence-electron chi connectivity index (χ3n) is 3.26. The lowest BCUT2D eigenvalue weighted by Gasteiger charge is -2.16. The summed E-state index contributed by atoms with van der Waals surface area (Å²) in [6.45, 7) is 4.12. The third-order valence-corrected chi connectivity index (χ3v) is 3.55. The van der Waals surface area contributed by atoms with Crippen LogP contribution in [0.4, 0.5) is 11.4 Å². The van der Waals surface area contributed by atoms with E-state index in [9.17, 15) is 0 Å². The lowest BCUT2D eigenvalue weighted by Crippen LogP contribution is -1.99. The molecule has 2 rings (SSSR count). The van der Waals surface area contributed by atoms with Crippen LogP contribution in [-0.2, 0) is 0 Å². The van der Waals surface area contributed by atoms with Crippen molar-refractivity contribution in [3.05, 3.63) is 46.5 Å². The van der Waals surface area contributed by atoms with Crippen LogP contribution >= 0.6 is 11.6 Å². The molecule has 0 heterocycles. The number of ether oxygens (including phenoxy) is 2. The lowest BCUT2D eigenvalue weighted by molar-refractivity contribution is 0.414. The smallest absolute Gasteiger partial charge is 0.160 e. The Hall–Kier alpha value is -1.87. The minimum absolute atomic E-state index is 0.570. The molecule has 106 valence electrons. The zero-order valence-corrected chi connectivity index (χ0v) is 12.8. The van der Waals surface area contributed by atoms with Crippen LogP contribution in [0.5, 0.6) is 11.5 Å². The number of anilines is 2. The molecule has 0 saturated heterocycles. The molecule has 0 unspecified atom stereocenters. The molecule has 2 aromatic carbocycles. The Bertz CT molecular complexity index is 626. The highest BCUT2D eigenvalue weighted by Crippen LogP contribution is 2.37. The van der Waals surface area contributed by atoms with E-state index in [1.807, 2.05) is 18.2 Å². The van der Waals surface area contributed by atoms with Gasteiger partial charge in [0, 0.05) is 0 Å². The quantitative estimate of drug-likeness (QED) is 0.884. The Morgan fingerprint density at radius 1 is 0.950 bits per heavy atom. The van der Waals surface area contributed by atoms with Gasteiger partial charge in [-0.1, -0.05) is 17.7 Å². The zero-order chi connectivity index (χ0) is 14.7. The fourth-order valence-electron chi connectivity index (χ4n) is 2.02. The van der Waals surface area contributed by atoms with E-state index in [0.29, 0.717) is 10.8 Å². The number of aryl methyl sites for hydroxylation is 2. The van der Waals surface area contributed by atoms with Gasteiger partial charge >= 0.3 is 0 Å². The topological polar surface area (TPSA) is 30.5 Å². The Kier molecular flexibility index (Phi) is 4.40. The standard InChI is InChI=1S/C16H18ClNO2/c1-10-8-14(15(19-3)9-11(10)2)18-13-7-5-6-12(17)16(13)20-4/h5-9,18H,1-4H3. The van der Waals surface area contributed by atoms with E-state index < -0.39 is 0 Å². The second kappa shape index (κ2) is 6.06. The molecule has 3 nitrogen and oxygen atoms in total. The monoisotopic (exact) mass is 291 g/mol. The summed E-state index contributed by atoms with van der Waals surface area (Å²) in [5.41, 5.74) is 4.07. The van der Waals surface area contributed by atoms with E-state index in [1.54, 1.807) is 20.3 Å². The molecule has 1 N–H and O–H groups in total. The molecule has 0 aliphatic rings. The second-order valence-corrected chi connectivity index (χ2v) is 4.99. The van der Waals surface area contributed by atoms with Crippen LogP contribution in [0.2, 0.25) is 5.02 Å². The van der Waals surface area contributed by atoms with Crippen molar-refractivity contribution in [2.75, 3.05) is 19.5 Å². The van der Waals surface area contributed by atoms with Gasteiger partial charge in [0.1, 0.15) is 5.75 Å². The van der Waals surface area contributed by atoms with Crippen molar-refractivity contribution in [2.24, 2.45) is 0 Å². The molecule has 2 aromatic rings. The van der Waals surface area contributed by atoms with Crippen LogP contribution < -0.4 is 14.8 Å².